The third-order valence-corrected chi connectivity index (χ3v) is 3.74. The molecule has 0 atom stereocenters. The average molecular weight is 286 g/mol. The van der Waals surface area contributed by atoms with E-state index in [-0.39, 0.29) is 5.75 Å². The summed E-state index contributed by atoms with van der Waals surface area (Å²) in [4.78, 5) is 10.5. The summed E-state index contributed by atoms with van der Waals surface area (Å²) in [6.07, 6.45) is 8.08. The van der Waals surface area contributed by atoms with E-state index in [4.69, 9.17) is 10.9 Å². The number of carboxylic acid groups (broad SMARTS) is 1. The molecule has 0 unspecified atom stereocenters. The van der Waals surface area contributed by atoms with E-state index < -0.39 is 5.97 Å². The molecule has 0 fully saturated rings. The molecule has 3 N–H and O–H groups in total. The summed E-state index contributed by atoms with van der Waals surface area (Å²) in [5, 5.41) is 17.0. The van der Waals surface area contributed by atoms with Gasteiger partial charge in [0.15, 0.2) is 5.82 Å². The minimum absolute atomic E-state index is 0.0493. The molecule has 0 aromatic carbocycles. The monoisotopic (exact) mass is 286 g/mol. The number of carboxylic acids is 1. The van der Waals surface area contributed by atoms with Crippen molar-refractivity contribution >= 4 is 17.7 Å². The van der Waals surface area contributed by atoms with Crippen LogP contribution in [0.25, 0.3) is 0 Å². The summed E-state index contributed by atoms with van der Waals surface area (Å²) < 4.78 is 1.40. The smallest absolute Gasteiger partial charge is 0.313 e. The first-order valence-corrected chi connectivity index (χ1v) is 7.67. The first kappa shape index (κ1) is 15.8. The Kier molecular flexibility index (Phi) is 7.32. The van der Waals surface area contributed by atoms with E-state index >= 15 is 0 Å². The largest absolute Gasteiger partial charge is 0.481 e. The van der Waals surface area contributed by atoms with Gasteiger partial charge in [-0.25, -0.2) is 4.68 Å². The van der Waals surface area contributed by atoms with Crippen LogP contribution in [0.2, 0.25) is 0 Å². The number of thioether (sulfide) groups is 1. The van der Waals surface area contributed by atoms with Crippen molar-refractivity contribution in [2.45, 2.75) is 57.0 Å². The van der Waals surface area contributed by atoms with Gasteiger partial charge in [-0.05, 0) is 6.42 Å². The SMILES string of the molecule is CCCCCCCCc1nnc(SCC(=O)O)n1N. The molecular weight excluding hydrogens is 264 g/mol. The molecule has 0 saturated heterocycles. The van der Waals surface area contributed by atoms with Crippen LogP contribution in [0.3, 0.4) is 0 Å². The maximum Gasteiger partial charge on any atom is 0.313 e. The maximum atomic E-state index is 10.5. The number of hydrogen-bond donors (Lipinski definition) is 2. The molecule has 1 heterocycles. The van der Waals surface area contributed by atoms with Crippen molar-refractivity contribution in [1.82, 2.24) is 14.9 Å². The number of nitrogens with zero attached hydrogens (tertiary/aromatic N) is 3. The Morgan fingerprint density at radius 2 is 1.95 bits per heavy atom. The Morgan fingerprint density at radius 3 is 2.63 bits per heavy atom. The highest BCUT2D eigenvalue weighted by Crippen LogP contribution is 2.15. The van der Waals surface area contributed by atoms with Gasteiger partial charge in [0.25, 0.3) is 0 Å². The molecule has 1 rings (SSSR count). The van der Waals surface area contributed by atoms with Gasteiger partial charge in [-0.2, -0.15) is 0 Å². The Hall–Kier alpha value is -1.24. The Morgan fingerprint density at radius 1 is 1.26 bits per heavy atom. The quantitative estimate of drug-likeness (QED) is 0.388. The van der Waals surface area contributed by atoms with Crippen molar-refractivity contribution in [3.05, 3.63) is 5.82 Å². The van der Waals surface area contributed by atoms with Crippen LogP contribution in [0.15, 0.2) is 5.16 Å². The molecule has 7 heteroatoms. The number of aryl methyl sites for hydroxylation is 1. The molecule has 0 aliphatic carbocycles. The van der Waals surface area contributed by atoms with E-state index in [1.54, 1.807) is 0 Å². The first-order valence-electron chi connectivity index (χ1n) is 6.69. The molecular formula is C12H22N4O2S. The zero-order valence-electron chi connectivity index (χ0n) is 11.3. The van der Waals surface area contributed by atoms with Crippen molar-refractivity contribution in [3.63, 3.8) is 0 Å². The van der Waals surface area contributed by atoms with Gasteiger partial charge in [0.1, 0.15) is 0 Å². The van der Waals surface area contributed by atoms with Crippen LogP contribution in [0.4, 0.5) is 0 Å². The lowest BCUT2D eigenvalue weighted by molar-refractivity contribution is -0.133. The maximum absolute atomic E-state index is 10.5. The van der Waals surface area contributed by atoms with E-state index in [1.165, 1.54) is 36.8 Å². The molecule has 0 bridgehead atoms. The fraction of sp³-hybridized carbons (Fsp3) is 0.750. The highest BCUT2D eigenvalue weighted by molar-refractivity contribution is 7.99. The minimum atomic E-state index is -0.884. The lowest BCUT2D eigenvalue weighted by Gasteiger charge is -2.03. The fourth-order valence-electron chi connectivity index (χ4n) is 1.77. The molecule has 0 saturated carbocycles. The van der Waals surface area contributed by atoms with Gasteiger partial charge in [0, 0.05) is 6.42 Å². The van der Waals surface area contributed by atoms with Crippen LogP contribution in [-0.4, -0.2) is 31.7 Å². The van der Waals surface area contributed by atoms with Crippen LogP contribution >= 0.6 is 11.8 Å². The number of unbranched alkanes of at least 4 members (excludes halogenated alkanes) is 5. The lowest BCUT2D eigenvalue weighted by atomic mass is 10.1. The van der Waals surface area contributed by atoms with Crippen LogP contribution in [0.5, 0.6) is 0 Å². The van der Waals surface area contributed by atoms with E-state index in [9.17, 15) is 4.79 Å². The average Bonchev–Trinajstić information content (AvgIpc) is 2.72. The minimum Gasteiger partial charge on any atom is -0.481 e. The molecule has 0 aliphatic heterocycles. The van der Waals surface area contributed by atoms with Crippen molar-refractivity contribution in [1.29, 1.82) is 0 Å². The predicted molar refractivity (Wildman–Crippen MR) is 75.6 cm³/mol. The molecule has 0 spiro atoms. The normalized spacial score (nSPS) is 10.8. The number of nitrogens with two attached hydrogens (primary N) is 1. The predicted octanol–water partition coefficient (Wildman–Crippen LogP) is 2.07. The summed E-state index contributed by atoms with van der Waals surface area (Å²) in [6.45, 7) is 2.20. The van der Waals surface area contributed by atoms with Crippen molar-refractivity contribution in [2.24, 2.45) is 0 Å². The van der Waals surface area contributed by atoms with E-state index in [0.29, 0.717) is 5.16 Å². The third kappa shape index (κ3) is 5.96. The van der Waals surface area contributed by atoms with Gasteiger partial charge in [-0.3, -0.25) is 4.79 Å². The molecule has 1 aromatic rings. The highest BCUT2D eigenvalue weighted by atomic mass is 32.2. The van der Waals surface area contributed by atoms with Gasteiger partial charge < -0.3 is 10.9 Å². The van der Waals surface area contributed by atoms with Crippen LogP contribution in [-0.2, 0) is 11.2 Å². The van der Waals surface area contributed by atoms with E-state index in [0.717, 1.165) is 30.4 Å². The summed E-state index contributed by atoms with van der Waals surface area (Å²) in [5.74, 6) is 5.62. The summed E-state index contributed by atoms with van der Waals surface area (Å²) >= 11 is 1.09. The summed E-state index contributed by atoms with van der Waals surface area (Å²) in [5.41, 5.74) is 0. The second-order valence-electron chi connectivity index (χ2n) is 4.47. The number of aliphatic carboxylic acids is 1. The van der Waals surface area contributed by atoms with E-state index in [2.05, 4.69) is 17.1 Å². The topological polar surface area (TPSA) is 94.0 Å². The van der Waals surface area contributed by atoms with Crippen molar-refractivity contribution in [3.8, 4) is 0 Å². The van der Waals surface area contributed by atoms with Gasteiger partial charge in [-0.1, -0.05) is 50.8 Å². The fourth-order valence-corrected chi connectivity index (χ4v) is 2.36. The Balaban J connectivity index is 2.28. The van der Waals surface area contributed by atoms with Gasteiger partial charge in [0.2, 0.25) is 5.16 Å². The standard InChI is InChI=1S/C12H22N4O2S/c1-2-3-4-5-6-7-8-10-14-15-12(16(10)13)19-9-11(17)18/h2-9,13H2,1H3,(H,17,18). The van der Waals surface area contributed by atoms with Gasteiger partial charge >= 0.3 is 5.97 Å². The molecule has 0 aliphatic rings. The molecule has 108 valence electrons. The van der Waals surface area contributed by atoms with Crippen LogP contribution < -0.4 is 5.84 Å². The Labute approximate surface area is 117 Å². The molecule has 0 radical (unpaired) electrons. The van der Waals surface area contributed by atoms with Crippen LogP contribution in [0.1, 0.15) is 51.3 Å². The van der Waals surface area contributed by atoms with Crippen molar-refractivity contribution < 1.29 is 9.90 Å². The molecule has 0 amide bonds. The van der Waals surface area contributed by atoms with Gasteiger partial charge in [0.05, 0.1) is 5.75 Å². The zero-order valence-corrected chi connectivity index (χ0v) is 12.2. The van der Waals surface area contributed by atoms with Crippen LogP contribution in [0, 0.1) is 0 Å². The zero-order chi connectivity index (χ0) is 14.1. The molecule has 19 heavy (non-hydrogen) atoms. The first-order chi connectivity index (χ1) is 9.15. The second-order valence-corrected chi connectivity index (χ2v) is 5.41. The number of aromatic nitrogens is 3. The third-order valence-electron chi connectivity index (χ3n) is 2.81. The molecule has 1 aromatic heterocycles. The second kappa shape index (κ2) is 8.79. The number of carbonyl (C=O) groups is 1. The van der Waals surface area contributed by atoms with E-state index in [1.807, 2.05) is 0 Å². The lowest BCUT2D eigenvalue weighted by Crippen LogP contribution is -2.14. The molecule has 6 nitrogen and oxygen atoms in total. The highest BCUT2D eigenvalue weighted by Gasteiger charge is 2.11. The number of rotatable bonds is 10. The summed E-state index contributed by atoms with van der Waals surface area (Å²) in [7, 11) is 0. The Bertz CT molecular complexity index is 395. The van der Waals surface area contributed by atoms with Gasteiger partial charge in [-0.15, -0.1) is 10.2 Å². The number of hydrogen-bond acceptors (Lipinski definition) is 5. The number of nitrogen functional groups attached to an aromatic ring is 1. The summed E-state index contributed by atoms with van der Waals surface area (Å²) in [6, 6.07) is 0. The van der Waals surface area contributed by atoms with Crippen molar-refractivity contribution in [2.75, 3.05) is 11.6 Å².